The highest BCUT2D eigenvalue weighted by molar-refractivity contribution is 8.03. The molecule has 0 saturated carbocycles. The molecule has 82 valence electrons. The van der Waals surface area contributed by atoms with Crippen molar-refractivity contribution in [1.29, 1.82) is 5.26 Å². The number of aliphatic imine (C=N–C) groups is 1. The van der Waals surface area contributed by atoms with E-state index < -0.39 is 11.7 Å². The zero-order valence-electron chi connectivity index (χ0n) is 7.58. The number of benzene rings is 1. The van der Waals surface area contributed by atoms with Gasteiger partial charge >= 0.3 is 6.18 Å². The molecule has 0 heterocycles. The lowest BCUT2D eigenvalue weighted by molar-refractivity contribution is -0.139. The second-order valence-electron chi connectivity index (χ2n) is 2.57. The van der Waals surface area contributed by atoms with Crippen molar-refractivity contribution in [3.8, 4) is 5.40 Å². The van der Waals surface area contributed by atoms with Crippen LogP contribution >= 0.6 is 24.0 Å². The fourth-order valence-electron chi connectivity index (χ4n) is 1.000. The van der Waals surface area contributed by atoms with Crippen LogP contribution in [0.5, 0.6) is 0 Å². The van der Waals surface area contributed by atoms with E-state index in [1.165, 1.54) is 12.1 Å². The average Bonchev–Trinajstić information content (AvgIpc) is 2.19. The number of thioether (sulfide) groups is 1. The number of alkyl halides is 3. The van der Waals surface area contributed by atoms with Gasteiger partial charge in [-0.1, -0.05) is 0 Å². The van der Waals surface area contributed by atoms with Crippen molar-refractivity contribution in [2.75, 3.05) is 0 Å². The van der Waals surface area contributed by atoms with Crippen LogP contribution < -0.4 is 0 Å². The van der Waals surface area contributed by atoms with Crippen molar-refractivity contribution >= 4 is 34.8 Å². The van der Waals surface area contributed by atoms with Crippen LogP contribution in [0.1, 0.15) is 5.56 Å². The fourth-order valence-corrected chi connectivity index (χ4v) is 1.62. The summed E-state index contributed by atoms with van der Waals surface area (Å²) < 4.78 is 37.7. The van der Waals surface area contributed by atoms with Gasteiger partial charge in [-0.25, -0.2) is 0 Å². The molecule has 0 amide bonds. The van der Waals surface area contributed by atoms with Crippen molar-refractivity contribution in [2.45, 2.75) is 11.1 Å². The summed E-state index contributed by atoms with van der Waals surface area (Å²) in [6.45, 7) is 0. The number of rotatable bonds is 2. The Morgan fingerprint density at radius 2 is 2.06 bits per heavy atom. The van der Waals surface area contributed by atoms with Crippen LogP contribution in [0.3, 0.4) is 0 Å². The van der Waals surface area contributed by atoms with Crippen molar-refractivity contribution < 1.29 is 13.2 Å². The van der Waals surface area contributed by atoms with E-state index in [1.54, 1.807) is 5.40 Å². The number of hydrogen-bond acceptors (Lipinski definition) is 4. The lowest BCUT2D eigenvalue weighted by atomic mass is 10.2. The van der Waals surface area contributed by atoms with E-state index in [-0.39, 0.29) is 10.6 Å². The van der Waals surface area contributed by atoms with Crippen molar-refractivity contribution in [3.05, 3.63) is 23.8 Å². The molecule has 0 aliphatic carbocycles. The SMILES string of the molecule is N#CSc1ccc(N=C=S)cc1C(F)(F)F. The van der Waals surface area contributed by atoms with Crippen molar-refractivity contribution in [2.24, 2.45) is 4.99 Å². The quantitative estimate of drug-likeness (QED) is 0.349. The smallest absolute Gasteiger partial charge is 0.195 e. The normalized spacial score (nSPS) is 10.4. The van der Waals surface area contributed by atoms with Crippen LogP contribution in [0.25, 0.3) is 0 Å². The third kappa shape index (κ3) is 3.07. The fraction of sp³-hybridized carbons (Fsp3) is 0.111. The van der Waals surface area contributed by atoms with Gasteiger partial charge in [-0.15, -0.1) is 0 Å². The molecule has 0 spiro atoms. The summed E-state index contributed by atoms with van der Waals surface area (Å²) in [5, 5.41) is 12.0. The molecule has 0 N–H and O–H groups in total. The second-order valence-corrected chi connectivity index (χ2v) is 3.58. The highest BCUT2D eigenvalue weighted by Crippen LogP contribution is 2.38. The molecule has 0 radical (unpaired) electrons. The monoisotopic (exact) mass is 260 g/mol. The van der Waals surface area contributed by atoms with Crippen molar-refractivity contribution in [1.82, 2.24) is 0 Å². The molecule has 16 heavy (non-hydrogen) atoms. The van der Waals surface area contributed by atoms with E-state index in [9.17, 15) is 13.2 Å². The summed E-state index contributed by atoms with van der Waals surface area (Å²) in [5.74, 6) is 0. The van der Waals surface area contributed by atoms with Crippen LogP contribution in [0.15, 0.2) is 28.1 Å². The van der Waals surface area contributed by atoms with E-state index >= 15 is 0 Å². The highest BCUT2D eigenvalue weighted by atomic mass is 32.2. The molecule has 1 aromatic rings. The molecule has 0 aliphatic heterocycles. The Morgan fingerprint density at radius 1 is 1.38 bits per heavy atom. The van der Waals surface area contributed by atoms with Crippen LogP contribution in [0.2, 0.25) is 0 Å². The third-order valence-corrected chi connectivity index (χ3v) is 2.36. The van der Waals surface area contributed by atoms with Gasteiger partial charge in [-0.05, 0) is 42.2 Å². The molecule has 0 bridgehead atoms. The summed E-state index contributed by atoms with van der Waals surface area (Å²) in [5.41, 5.74) is -0.838. The van der Waals surface area contributed by atoms with Gasteiger partial charge in [0.15, 0.2) is 0 Å². The van der Waals surface area contributed by atoms with E-state index in [1.807, 2.05) is 5.16 Å². The van der Waals surface area contributed by atoms with E-state index in [0.717, 1.165) is 6.07 Å². The molecule has 0 aliphatic rings. The molecule has 0 saturated heterocycles. The lowest BCUT2D eigenvalue weighted by Gasteiger charge is -2.10. The van der Waals surface area contributed by atoms with Gasteiger partial charge in [0, 0.05) is 4.90 Å². The first-order valence-electron chi connectivity index (χ1n) is 3.84. The zero-order chi connectivity index (χ0) is 12.2. The number of nitriles is 1. The van der Waals surface area contributed by atoms with E-state index in [4.69, 9.17) is 5.26 Å². The third-order valence-electron chi connectivity index (χ3n) is 1.60. The standard InChI is InChI=1S/C9H3F3N2S2/c10-9(11,12)7-3-6(14-5-15)1-2-8(7)16-4-13/h1-3H. The summed E-state index contributed by atoms with van der Waals surface area (Å²) >= 11 is 4.75. The molecule has 2 nitrogen and oxygen atoms in total. The van der Waals surface area contributed by atoms with Crippen LogP contribution in [0, 0.1) is 10.7 Å². The number of thiocyanates is 1. The molecule has 0 unspecified atom stereocenters. The zero-order valence-corrected chi connectivity index (χ0v) is 9.21. The van der Waals surface area contributed by atoms with Crippen LogP contribution in [0.4, 0.5) is 18.9 Å². The maximum Gasteiger partial charge on any atom is 0.417 e. The Kier molecular flexibility index (Phi) is 4.07. The van der Waals surface area contributed by atoms with Crippen LogP contribution in [-0.4, -0.2) is 5.16 Å². The van der Waals surface area contributed by atoms with Gasteiger partial charge in [0.25, 0.3) is 0 Å². The predicted octanol–water partition coefficient (Wildman–Crippen LogP) is 4.01. The Hall–Kier alpha value is -1.35. The first-order valence-corrected chi connectivity index (χ1v) is 5.06. The van der Waals surface area contributed by atoms with Crippen LogP contribution in [-0.2, 0) is 6.18 Å². The van der Waals surface area contributed by atoms with Gasteiger partial charge in [0.05, 0.1) is 16.4 Å². The Morgan fingerprint density at radius 3 is 2.56 bits per heavy atom. The van der Waals surface area contributed by atoms with Gasteiger partial charge in [0.2, 0.25) is 0 Å². The molecule has 0 fully saturated rings. The summed E-state index contributed by atoms with van der Waals surface area (Å²) in [7, 11) is 0. The lowest BCUT2D eigenvalue weighted by Crippen LogP contribution is -2.06. The van der Waals surface area contributed by atoms with Gasteiger partial charge < -0.3 is 0 Å². The van der Waals surface area contributed by atoms with E-state index in [0.29, 0.717) is 11.8 Å². The first kappa shape index (κ1) is 12.7. The minimum absolute atomic E-state index is 0.0598. The molecular weight excluding hydrogens is 257 g/mol. The highest BCUT2D eigenvalue weighted by Gasteiger charge is 2.33. The Balaban J connectivity index is 3.33. The van der Waals surface area contributed by atoms with Gasteiger partial charge in [0.1, 0.15) is 5.40 Å². The molecule has 7 heteroatoms. The second kappa shape index (κ2) is 5.12. The number of halogens is 3. The largest absolute Gasteiger partial charge is 0.417 e. The number of hydrogen-bond donors (Lipinski definition) is 0. The minimum atomic E-state index is -4.52. The Bertz CT molecular complexity index is 485. The Labute approximate surface area is 98.8 Å². The molecule has 0 aromatic heterocycles. The van der Waals surface area contributed by atoms with Gasteiger partial charge in [-0.3, -0.25) is 0 Å². The summed E-state index contributed by atoms with van der Waals surface area (Å²) in [4.78, 5) is 3.30. The number of nitrogens with zero attached hydrogens (tertiary/aromatic N) is 2. The number of thiocarbonyl (C=S) groups is 1. The first-order chi connectivity index (χ1) is 7.49. The van der Waals surface area contributed by atoms with Crippen molar-refractivity contribution in [3.63, 3.8) is 0 Å². The summed E-state index contributed by atoms with van der Waals surface area (Å²) in [6.07, 6.45) is -4.52. The predicted molar refractivity (Wildman–Crippen MR) is 57.6 cm³/mol. The maximum absolute atomic E-state index is 12.6. The summed E-state index contributed by atoms with van der Waals surface area (Å²) in [6, 6.07) is 3.36. The molecule has 0 atom stereocenters. The topological polar surface area (TPSA) is 36.1 Å². The van der Waals surface area contributed by atoms with E-state index in [2.05, 4.69) is 17.2 Å². The average molecular weight is 260 g/mol. The number of isothiocyanates is 1. The molecule has 1 rings (SSSR count). The molecular formula is C9H3F3N2S2. The molecule has 1 aromatic carbocycles. The maximum atomic E-state index is 12.6. The minimum Gasteiger partial charge on any atom is -0.195 e. The van der Waals surface area contributed by atoms with Gasteiger partial charge in [-0.2, -0.15) is 23.4 Å².